The summed E-state index contributed by atoms with van der Waals surface area (Å²) in [6.07, 6.45) is 1.98. The lowest BCUT2D eigenvalue weighted by Gasteiger charge is -2.33. The number of amides is 1. The average Bonchev–Trinajstić information content (AvgIpc) is 2.62. The van der Waals surface area contributed by atoms with Crippen molar-refractivity contribution in [3.05, 3.63) is 42.1 Å². The van der Waals surface area contributed by atoms with Gasteiger partial charge in [0.25, 0.3) is 0 Å². The van der Waals surface area contributed by atoms with Crippen molar-refractivity contribution < 1.29 is 22.8 Å². The van der Waals surface area contributed by atoms with Crippen LogP contribution in [0.4, 0.5) is 0 Å². The molecule has 1 unspecified atom stereocenters. The van der Waals surface area contributed by atoms with Gasteiger partial charge in [0.05, 0.1) is 41.4 Å². The zero-order chi connectivity index (χ0) is 21.7. The number of nitrogens with zero attached hydrogens (tertiary/aromatic N) is 2. The summed E-state index contributed by atoms with van der Waals surface area (Å²) in [4.78, 5) is 21.6. The van der Waals surface area contributed by atoms with Crippen molar-refractivity contribution in [1.29, 1.82) is 0 Å². The molecule has 0 bridgehead atoms. The smallest absolute Gasteiger partial charge is 0.233 e. The molecular formula is C21H30N2O5S. The van der Waals surface area contributed by atoms with E-state index >= 15 is 0 Å². The highest BCUT2D eigenvalue weighted by Crippen LogP contribution is 2.18. The summed E-state index contributed by atoms with van der Waals surface area (Å²) in [5, 5.41) is 1.93. The van der Waals surface area contributed by atoms with Crippen molar-refractivity contribution >= 4 is 27.2 Å². The van der Waals surface area contributed by atoms with Crippen LogP contribution in [0.5, 0.6) is 0 Å². The third kappa shape index (κ3) is 7.72. The van der Waals surface area contributed by atoms with Gasteiger partial charge in [-0.3, -0.25) is 14.6 Å². The first-order chi connectivity index (χ1) is 13.5. The molecule has 0 aliphatic rings. The summed E-state index contributed by atoms with van der Waals surface area (Å²) >= 11 is 0. The van der Waals surface area contributed by atoms with Gasteiger partial charge >= 0.3 is 0 Å². The summed E-state index contributed by atoms with van der Waals surface area (Å²) in [6, 6.07) is 8.60. The fourth-order valence-electron chi connectivity index (χ4n) is 2.80. The Morgan fingerprint density at radius 1 is 1.21 bits per heavy atom. The highest BCUT2D eigenvalue weighted by molar-refractivity contribution is 7.90. The van der Waals surface area contributed by atoms with Gasteiger partial charge in [0.2, 0.25) is 6.41 Å². The number of aromatic nitrogens is 1. The molecule has 2 rings (SSSR count). The van der Waals surface area contributed by atoms with Crippen molar-refractivity contribution in [3.8, 4) is 0 Å². The first-order valence-electron chi connectivity index (χ1n) is 9.57. The molecule has 1 aromatic heterocycles. The van der Waals surface area contributed by atoms with Gasteiger partial charge in [0.1, 0.15) is 0 Å². The summed E-state index contributed by atoms with van der Waals surface area (Å²) in [6.45, 7) is 9.13. The van der Waals surface area contributed by atoms with Crippen molar-refractivity contribution in [1.82, 2.24) is 10.0 Å². The monoisotopic (exact) mass is 422 g/mol. The Labute approximate surface area is 172 Å². The second-order valence-electron chi connectivity index (χ2n) is 8.30. The van der Waals surface area contributed by atoms with E-state index in [-0.39, 0.29) is 24.2 Å². The minimum Gasteiger partial charge on any atom is -0.377 e. The van der Waals surface area contributed by atoms with E-state index < -0.39 is 21.5 Å². The van der Waals surface area contributed by atoms with Crippen molar-refractivity contribution in [3.63, 3.8) is 0 Å². The lowest BCUT2D eigenvalue weighted by atomic mass is 10.2. The largest absolute Gasteiger partial charge is 0.377 e. The lowest BCUT2D eigenvalue weighted by Crippen LogP contribution is -2.46. The number of para-hydroxylation sites is 1. The Balaban J connectivity index is 2.20. The van der Waals surface area contributed by atoms with E-state index in [4.69, 9.17) is 9.57 Å². The molecular weight excluding hydrogens is 392 g/mol. The zero-order valence-electron chi connectivity index (χ0n) is 17.7. The third-order valence-corrected chi connectivity index (χ3v) is 5.61. The Hall–Kier alpha value is -2.03. The molecule has 0 aliphatic heterocycles. The number of benzene rings is 1. The molecule has 0 saturated carbocycles. The minimum absolute atomic E-state index is 0.0572. The van der Waals surface area contributed by atoms with Gasteiger partial charge in [-0.2, -0.15) is 0 Å². The predicted octanol–water partition coefficient (Wildman–Crippen LogP) is 3.13. The number of carbonyl (C=O) groups excluding carboxylic acids is 1. The first kappa shape index (κ1) is 23.3. The van der Waals surface area contributed by atoms with Gasteiger partial charge < -0.3 is 4.74 Å². The normalized spacial score (nSPS) is 13.6. The van der Waals surface area contributed by atoms with E-state index in [0.29, 0.717) is 12.0 Å². The molecule has 7 nitrogen and oxygen atoms in total. The molecule has 0 N–H and O–H groups in total. The number of hydrogen-bond acceptors (Lipinski definition) is 6. The van der Waals surface area contributed by atoms with E-state index in [1.807, 2.05) is 44.2 Å². The van der Waals surface area contributed by atoms with Crippen LogP contribution in [-0.4, -0.2) is 55.0 Å². The number of fused-ring (bicyclic) bond motifs is 1. The fourth-order valence-corrected chi connectivity index (χ4v) is 4.41. The Bertz CT molecular complexity index is 922. The topological polar surface area (TPSA) is 85.8 Å². The number of ether oxygens (including phenoxy) is 1. The molecule has 29 heavy (non-hydrogen) atoms. The number of carbonyl (C=O) groups is 1. The molecule has 1 amide bonds. The standard InChI is InChI=1S/C21H30N2O5S/c1-16(2)27-12-19(23(15-24)28-21(3,4)5)14-29(25,26)13-17-10-18-8-6-7-9-20(18)22-11-17/h6-11,15-16,19H,12-14H2,1-5H3. The maximum Gasteiger partial charge on any atom is 0.233 e. The predicted molar refractivity (Wildman–Crippen MR) is 113 cm³/mol. The first-order valence-corrected chi connectivity index (χ1v) is 11.4. The minimum atomic E-state index is -3.56. The van der Waals surface area contributed by atoms with Crippen LogP contribution in [0.25, 0.3) is 10.9 Å². The maximum absolute atomic E-state index is 12.9. The Morgan fingerprint density at radius 3 is 2.52 bits per heavy atom. The van der Waals surface area contributed by atoms with Crippen LogP contribution < -0.4 is 0 Å². The van der Waals surface area contributed by atoms with Gasteiger partial charge in [0, 0.05) is 11.6 Å². The second-order valence-corrected chi connectivity index (χ2v) is 10.4. The van der Waals surface area contributed by atoms with E-state index in [1.165, 1.54) is 0 Å². The average molecular weight is 423 g/mol. The molecule has 0 saturated heterocycles. The van der Waals surface area contributed by atoms with Crippen LogP contribution in [0.3, 0.4) is 0 Å². The number of hydroxylamine groups is 2. The molecule has 0 radical (unpaired) electrons. The van der Waals surface area contributed by atoms with Crippen LogP contribution >= 0.6 is 0 Å². The summed E-state index contributed by atoms with van der Waals surface area (Å²) < 4.78 is 31.4. The zero-order valence-corrected chi connectivity index (χ0v) is 18.5. The quantitative estimate of drug-likeness (QED) is 0.432. The molecule has 1 heterocycles. The van der Waals surface area contributed by atoms with Crippen molar-refractivity contribution in [2.45, 2.75) is 58.1 Å². The Kier molecular flexibility index (Phi) is 7.73. The number of hydrogen-bond donors (Lipinski definition) is 0. The number of sulfone groups is 1. The highest BCUT2D eigenvalue weighted by Gasteiger charge is 2.29. The Morgan fingerprint density at radius 2 is 1.90 bits per heavy atom. The maximum atomic E-state index is 12.9. The second kappa shape index (κ2) is 9.65. The third-order valence-electron chi connectivity index (χ3n) is 3.95. The van der Waals surface area contributed by atoms with Crippen LogP contribution in [0.15, 0.2) is 36.5 Å². The molecule has 160 valence electrons. The highest BCUT2D eigenvalue weighted by atomic mass is 32.2. The van der Waals surface area contributed by atoms with Crippen LogP contribution in [0, 0.1) is 0 Å². The molecule has 8 heteroatoms. The molecule has 1 aromatic carbocycles. The molecule has 1 atom stereocenters. The van der Waals surface area contributed by atoms with Gasteiger partial charge in [-0.05, 0) is 52.3 Å². The molecule has 2 aromatic rings. The van der Waals surface area contributed by atoms with Gasteiger partial charge in [-0.15, -0.1) is 0 Å². The lowest BCUT2D eigenvalue weighted by molar-refractivity contribution is -0.235. The van der Waals surface area contributed by atoms with Gasteiger partial charge in [-0.1, -0.05) is 18.2 Å². The van der Waals surface area contributed by atoms with Crippen molar-refractivity contribution in [2.24, 2.45) is 0 Å². The summed E-state index contributed by atoms with van der Waals surface area (Å²) in [5.41, 5.74) is 0.757. The van der Waals surface area contributed by atoms with E-state index in [2.05, 4.69) is 4.98 Å². The van der Waals surface area contributed by atoms with E-state index in [1.54, 1.807) is 27.0 Å². The molecule has 0 aliphatic carbocycles. The molecule has 0 spiro atoms. The number of rotatable bonds is 10. The number of pyridine rings is 1. The summed E-state index contributed by atoms with van der Waals surface area (Å²) in [5.74, 6) is -0.452. The summed E-state index contributed by atoms with van der Waals surface area (Å²) in [7, 11) is -3.56. The van der Waals surface area contributed by atoms with E-state index in [0.717, 1.165) is 16.0 Å². The van der Waals surface area contributed by atoms with Crippen LogP contribution in [0.2, 0.25) is 0 Å². The van der Waals surface area contributed by atoms with Crippen LogP contribution in [0.1, 0.15) is 40.2 Å². The SMILES string of the molecule is CC(C)OCC(CS(=O)(=O)Cc1cnc2ccccc2c1)N(C=O)OC(C)(C)C. The fraction of sp³-hybridized carbons (Fsp3) is 0.524. The van der Waals surface area contributed by atoms with Crippen LogP contribution in [-0.2, 0) is 30.0 Å². The molecule has 0 fully saturated rings. The van der Waals surface area contributed by atoms with Gasteiger partial charge in [0.15, 0.2) is 9.84 Å². The van der Waals surface area contributed by atoms with Crippen molar-refractivity contribution in [2.75, 3.05) is 12.4 Å². The van der Waals surface area contributed by atoms with Gasteiger partial charge in [-0.25, -0.2) is 13.5 Å². The van der Waals surface area contributed by atoms with E-state index in [9.17, 15) is 13.2 Å².